The van der Waals surface area contributed by atoms with Crippen LogP contribution in [0.25, 0.3) is 0 Å². The maximum atomic E-state index is 12.7. The van der Waals surface area contributed by atoms with Crippen LogP contribution >= 0.6 is 11.6 Å². The first kappa shape index (κ1) is 16.9. The zero-order valence-electron chi connectivity index (χ0n) is 12.0. The second kappa shape index (κ2) is 7.22. The van der Waals surface area contributed by atoms with Gasteiger partial charge in [0.2, 0.25) is 5.91 Å². The highest BCUT2D eigenvalue weighted by molar-refractivity contribution is 6.33. The molecule has 0 aliphatic carbocycles. The molecule has 0 unspecified atom stereocenters. The van der Waals surface area contributed by atoms with Gasteiger partial charge in [0, 0.05) is 13.1 Å². The Hall–Kier alpha value is -1.43. The Balaban J connectivity index is 1.99. The van der Waals surface area contributed by atoms with Gasteiger partial charge in [-0.2, -0.15) is 13.2 Å². The second-order valence-corrected chi connectivity index (χ2v) is 5.75. The van der Waals surface area contributed by atoms with E-state index in [1.807, 2.05) is 0 Å². The van der Waals surface area contributed by atoms with Crippen LogP contribution in [0.1, 0.15) is 31.2 Å². The summed E-state index contributed by atoms with van der Waals surface area (Å²) in [5, 5.41) is 2.88. The molecule has 1 saturated heterocycles. The van der Waals surface area contributed by atoms with Gasteiger partial charge in [0.15, 0.2) is 0 Å². The van der Waals surface area contributed by atoms with Crippen LogP contribution in [-0.4, -0.2) is 30.4 Å². The van der Waals surface area contributed by atoms with Crippen LogP contribution in [0.3, 0.4) is 0 Å². The first-order valence-electron chi connectivity index (χ1n) is 7.26. The van der Waals surface area contributed by atoms with Gasteiger partial charge in [-0.3, -0.25) is 4.79 Å². The molecule has 1 aromatic carbocycles. The van der Waals surface area contributed by atoms with Gasteiger partial charge in [0.05, 0.1) is 22.8 Å². The van der Waals surface area contributed by atoms with Crippen LogP contribution in [0.15, 0.2) is 18.2 Å². The van der Waals surface area contributed by atoms with E-state index in [1.165, 1.54) is 6.07 Å². The lowest BCUT2D eigenvalue weighted by molar-refractivity contribution is -0.137. The number of rotatable bonds is 3. The average molecular weight is 335 g/mol. The van der Waals surface area contributed by atoms with Crippen molar-refractivity contribution in [2.45, 2.75) is 31.9 Å². The Morgan fingerprint density at radius 1 is 1.18 bits per heavy atom. The topological polar surface area (TPSA) is 32.3 Å². The normalized spacial score (nSPS) is 16.3. The smallest absolute Gasteiger partial charge is 0.375 e. The SMILES string of the molecule is O=C(CNc1cc(C(F)(F)F)ccc1Cl)N1CCCCCC1. The fraction of sp³-hybridized carbons (Fsp3) is 0.533. The highest BCUT2D eigenvalue weighted by Gasteiger charge is 2.31. The van der Waals surface area contributed by atoms with Gasteiger partial charge in [-0.1, -0.05) is 24.4 Å². The molecule has 0 atom stereocenters. The number of hydrogen-bond acceptors (Lipinski definition) is 2. The third kappa shape index (κ3) is 4.53. The number of benzene rings is 1. The van der Waals surface area contributed by atoms with Gasteiger partial charge < -0.3 is 10.2 Å². The van der Waals surface area contributed by atoms with Gasteiger partial charge >= 0.3 is 6.18 Å². The molecule has 1 heterocycles. The fourth-order valence-electron chi connectivity index (χ4n) is 2.44. The predicted molar refractivity (Wildman–Crippen MR) is 80.0 cm³/mol. The Bertz CT molecular complexity index is 526. The molecule has 22 heavy (non-hydrogen) atoms. The van der Waals surface area contributed by atoms with Gasteiger partial charge in [-0.15, -0.1) is 0 Å². The van der Waals surface area contributed by atoms with E-state index in [-0.39, 0.29) is 23.2 Å². The molecule has 1 fully saturated rings. The Labute approximate surface area is 132 Å². The number of nitrogens with one attached hydrogen (secondary N) is 1. The molecule has 1 aromatic rings. The van der Waals surface area contributed by atoms with E-state index in [4.69, 9.17) is 11.6 Å². The zero-order chi connectivity index (χ0) is 16.2. The van der Waals surface area contributed by atoms with Crippen LogP contribution in [0.4, 0.5) is 18.9 Å². The van der Waals surface area contributed by atoms with Crippen molar-refractivity contribution in [3.8, 4) is 0 Å². The largest absolute Gasteiger partial charge is 0.416 e. The molecule has 1 aliphatic rings. The van der Waals surface area contributed by atoms with Crippen LogP contribution in [-0.2, 0) is 11.0 Å². The Kier molecular flexibility index (Phi) is 5.56. The molecule has 0 aromatic heterocycles. The summed E-state index contributed by atoms with van der Waals surface area (Å²) in [6.07, 6.45) is -0.282. The number of nitrogens with zero attached hydrogens (tertiary/aromatic N) is 1. The minimum Gasteiger partial charge on any atom is -0.375 e. The van der Waals surface area contributed by atoms with Crippen molar-refractivity contribution >= 4 is 23.2 Å². The first-order chi connectivity index (χ1) is 10.4. The quantitative estimate of drug-likeness (QED) is 0.899. The lowest BCUT2D eigenvalue weighted by Gasteiger charge is -2.21. The highest BCUT2D eigenvalue weighted by atomic mass is 35.5. The Morgan fingerprint density at radius 3 is 2.41 bits per heavy atom. The van der Waals surface area contributed by atoms with E-state index >= 15 is 0 Å². The third-order valence-corrected chi connectivity index (χ3v) is 4.01. The summed E-state index contributed by atoms with van der Waals surface area (Å²) >= 11 is 5.89. The van der Waals surface area contributed by atoms with E-state index in [1.54, 1.807) is 4.90 Å². The molecule has 122 valence electrons. The maximum Gasteiger partial charge on any atom is 0.416 e. The van der Waals surface area contributed by atoms with Crippen LogP contribution in [0.5, 0.6) is 0 Å². The van der Waals surface area contributed by atoms with E-state index in [0.29, 0.717) is 13.1 Å². The number of anilines is 1. The summed E-state index contributed by atoms with van der Waals surface area (Å²) in [6.45, 7) is 1.36. The molecule has 1 amide bonds. The third-order valence-electron chi connectivity index (χ3n) is 3.68. The summed E-state index contributed by atoms with van der Waals surface area (Å²) < 4.78 is 38.1. The van der Waals surface area contributed by atoms with Crippen molar-refractivity contribution in [1.82, 2.24) is 4.90 Å². The van der Waals surface area contributed by atoms with Crippen LogP contribution < -0.4 is 5.32 Å². The Morgan fingerprint density at radius 2 is 1.82 bits per heavy atom. The molecular formula is C15H18ClF3N2O. The van der Waals surface area contributed by atoms with Crippen molar-refractivity contribution in [1.29, 1.82) is 0 Å². The fourth-order valence-corrected chi connectivity index (χ4v) is 2.62. The predicted octanol–water partition coefficient (Wildman–Crippen LogP) is 4.17. The number of carbonyl (C=O) groups excluding carboxylic acids is 1. The molecule has 1 N–H and O–H groups in total. The molecule has 0 saturated carbocycles. The highest BCUT2D eigenvalue weighted by Crippen LogP contribution is 2.33. The first-order valence-corrected chi connectivity index (χ1v) is 7.64. The molecule has 2 rings (SSSR count). The molecule has 3 nitrogen and oxygen atoms in total. The van der Waals surface area contributed by atoms with Crippen molar-refractivity contribution in [2.75, 3.05) is 25.0 Å². The lowest BCUT2D eigenvalue weighted by atomic mass is 10.2. The molecule has 0 spiro atoms. The molecular weight excluding hydrogens is 317 g/mol. The number of alkyl halides is 3. The number of carbonyl (C=O) groups is 1. The minimum atomic E-state index is -4.43. The maximum absolute atomic E-state index is 12.7. The van der Waals surface area contributed by atoms with Crippen molar-refractivity contribution < 1.29 is 18.0 Å². The van der Waals surface area contributed by atoms with Crippen molar-refractivity contribution in [2.24, 2.45) is 0 Å². The van der Waals surface area contributed by atoms with Crippen molar-refractivity contribution in [3.63, 3.8) is 0 Å². The molecule has 0 radical (unpaired) electrons. The summed E-state index contributed by atoms with van der Waals surface area (Å²) in [6, 6.07) is 3.03. The van der Waals surface area contributed by atoms with Gasteiger partial charge in [0.1, 0.15) is 0 Å². The van der Waals surface area contributed by atoms with E-state index < -0.39 is 11.7 Å². The number of halogens is 4. The summed E-state index contributed by atoms with van der Waals surface area (Å²) in [7, 11) is 0. The molecule has 7 heteroatoms. The second-order valence-electron chi connectivity index (χ2n) is 5.34. The van der Waals surface area contributed by atoms with Crippen molar-refractivity contribution in [3.05, 3.63) is 28.8 Å². The van der Waals surface area contributed by atoms with Crippen LogP contribution in [0.2, 0.25) is 5.02 Å². The van der Waals surface area contributed by atoms with E-state index in [0.717, 1.165) is 37.8 Å². The number of hydrogen-bond donors (Lipinski definition) is 1. The minimum absolute atomic E-state index is 0.0545. The zero-order valence-corrected chi connectivity index (χ0v) is 12.8. The molecule has 0 bridgehead atoms. The van der Waals surface area contributed by atoms with Gasteiger partial charge in [-0.25, -0.2) is 0 Å². The number of likely N-dealkylation sites (tertiary alicyclic amines) is 1. The summed E-state index contributed by atoms with van der Waals surface area (Å²) in [5.74, 6) is -0.115. The van der Waals surface area contributed by atoms with Gasteiger partial charge in [0.25, 0.3) is 0 Å². The van der Waals surface area contributed by atoms with E-state index in [9.17, 15) is 18.0 Å². The average Bonchev–Trinajstić information content (AvgIpc) is 2.74. The van der Waals surface area contributed by atoms with Gasteiger partial charge in [-0.05, 0) is 31.0 Å². The van der Waals surface area contributed by atoms with Crippen LogP contribution in [0, 0.1) is 0 Å². The monoisotopic (exact) mass is 334 g/mol. The molecule has 1 aliphatic heterocycles. The summed E-state index contributed by atoms with van der Waals surface area (Å²) in [4.78, 5) is 13.9. The standard InChI is InChI=1S/C15H18ClF3N2O/c16-12-6-5-11(15(17,18)19)9-13(12)20-10-14(22)21-7-3-1-2-4-8-21/h5-6,9,20H,1-4,7-8,10H2. The van der Waals surface area contributed by atoms with E-state index in [2.05, 4.69) is 5.32 Å². The lowest BCUT2D eigenvalue weighted by Crippen LogP contribution is -2.36. The summed E-state index contributed by atoms with van der Waals surface area (Å²) in [5.41, 5.74) is -0.665. The number of amides is 1.